The number of aliphatic imine (C=N–C) groups is 1. The lowest BCUT2D eigenvalue weighted by Crippen LogP contribution is -2.22. The second-order valence-corrected chi connectivity index (χ2v) is 6.12. The first-order valence-corrected chi connectivity index (χ1v) is 8.98. The van der Waals surface area contributed by atoms with Gasteiger partial charge in [-0.05, 0) is 45.0 Å². The van der Waals surface area contributed by atoms with Crippen molar-refractivity contribution in [3.8, 4) is 22.6 Å². The average molecular weight is 382 g/mol. The topological polar surface area (TPSA) is 114 Å². The summed E-state index contributed by atoms with van der Waals surface area (Å²) in [6.07, 6.45) is 1.08. The van der Waals surface area contributed by atoms with Gasteiger partial charge in [0.1, 0.15) is 11.5 Å². The molecule has 0 unspecified atom stereocenters. The Morgan fingerprint density at radius 1 is 1.25 bits per heavy atom. The van der Waals surface area contributed by atoms with E-state index in [1.807, 2.05) is 19.9 Å². The molecule has 148 valence electrons. The second-order valence-electron chi connectivity index (χ2n) is 6.12. The van der Waals surface area contributed by atoms with E-state index in [0.717, 1.165) is 24.9 Å². The van der Waals surface area contributed by atoms with Gasteiger partial charge in [0.2, 0.25) is 0 Å². The smallest absolute Gasteiger partial charge is 0.335 e. The Balaban J connectivity index is 2.67. The van der Waals surface area contributed by atoms with E-state index in [1.165, 1.54) is 0 Å². The molecule has 0 heterocycles. The van der Waals surface area contributed by atoms with Crippen molar-refractivity contribution >= 4 is 23.3 Å². The number of carbonyl (C=O) groups is 1. The number of rotatable bonds is 7. The summed E-state index contributed by atoms with van der Waals surface area (Å²) >= 11 is 0. The fourth-order valence-electron chi connectivity index (χ4n) is 3.03. The molecule has 2 aromatic rings. The first-order valence-electron chi connectivity index (χ1n) is 8.98. The number of benzene rings is 2. The number of anilines is 1. The fraction of sp³-hybridized carbons (Fsp3) is 0.238. The van der Waals surface area contributed by atoms with E-state index in [0.29, 0.717) is 28.1 Å². The van der Waals surface area contributed by atoms with Gasteiger partial charge in [-0.15, -0.1) is 0 Å². The number of nitrogens with two attached hydrogens (primary N) is 2. The number of nitrogens with zero attached hydrogens (tertiary/aromatic N) is 2. The van der Waals surface area contributed by atoms with Crippen LogP contribution in [0.2, 0.25) is 0 Å². The summed E-state index contributed by atoms with van der Waals surface area (Å²) in [5, 5.41) is 10.7. The molecule has 7 nitrogen and oxygen atoms in total. The van der Waals surface area contributed by atoms with Crippen molar-refractivity contribution in [1.82, 2.24) is 0 Å². The van der Waals surface area contributed by atoms with Crippen LogP contribution in [0.25, 0.3) is 11.1 Å². The monoisotopic (exact) mass is 382 g/mol. The highest BCUT2D eigenvalue weighted by Gasteiger charge is 2.18. The van der Waals surface area contributed by atoms with Crippen LogP contribution < -0.4 is 21.1 Å². The van der Waals surface area contributed by atoms with Crippen molar-refractivity contribution in [3.63, 3.8) is 0 Å². The Morgan fingerprint density at radius 3 is 2.46 bits per heavy atom. The molecule has 0 saturated carbocycles. The molecule has 0 aliphatic carbocycles. The number of phenols is 1. The van der Waals surface area contributed by atoms with Gasteiger partial charge in [0.05, 0.1) is 5.69 Å². The molecule has 0 atom stereocenters. The molecule has 0 spiro atoms. The zero-order valence-electron chi connectivity index (χ0n) is 16.4. The van der Waals surface area contributed by atoms with Gasteiger partial charge in [0.25, 0.3) is 0 Å². The fourth-order valence-corrected chi connectivity index (χ4v) is 3.03. The molecule has 0 fully saturated rings. The van der Waals surface area contributed by atoms with Crippen LogP contribution in [0.3, 0.4) is 0 Å². The first-order chi connectivity index (χ1) is 13.3. The van der Waals surface area contributed by atoms with Gasteiger partial charge in [-0.25, -0.2) is 9.79 Å². The Labute approximate surface area is 164 Å². The third-order valence-corrected chi connectivity index (χ3v) is 4.40. The van der Waals surface area contributed by atoms with Crippen molar-refractivity contribution in [2.24, 2.45) is 16.5 Å². The van der Waals surface area contributed by atoms with Crippen LogP contribution in [0.1, 0.15) is 19.4 Å². The molecule has 0 amide bonds. The van der Waals surface area contributed by atoms with Gasteiger partial charge < -0.3 is 26.2 Å². The van der Waals surface area contributed by atoms with Crippen LogP contribution >= 0.6 is 0 Å². The molecule has 0 aliphatic rings. The van der Waals surface area contributed by atoms with E-state index >= 15 is 0 Å². The molecule has 0 radical (unpaired) electrons. The third-order valence-electron chi connectivity index (χ3n) is 4.40. The maximum absolute atomic E-state index is 11.6. The zero-order chi connectivity index (χ0) is 20.8. The minimum atomic E-state index is -0.579. The summed E-state index contributed by atoms with van der Waals surface area (Å²) in [5.41, 5.74) is 14.2. The van der Waals surface area contributed by atoms with E-state index in [4.69, 9.17) is 16.2 Å². The van der Waals surface area contributed by atoms with Crippen molar-refractivity contribution < 1.29 is 14.6 Å². The lowest BCUT2D eigenvalue weighted by atomic mass is 9.96. The van der Waals surface area contributed by atoms with Crippen LogP contribution in [-0.4, -0.2) is 30.1 Å². The summed E-state index contributed by atoms with van der Waals surface area (Å²) in [4.78, 5) is 17.9. The maximum Gasteiger partial charge on any atom is 0.335 e. The molecule has 28 heavy (non-hydrogen) atoms. The maximum atomic E-state index is 11.6. The standard InChI is InChI=1S/C21H26N4O3/c1-5-19(27)28-18-11-10-16(24-21(22)23)20(13(18)4)15-9-8-14(12-17(15)26)25(6-2)7-3/h5,8-12,26H,1,6-7H2,2-4H3,(H4,22,23,24). The van der Waals surface area contributed by atoms with Crippen molar-refractivity contribution in [2.45, 2.75) is 20.8 Å². The summed E-state index contributed by atoms with van der Waals surface area (Å²) in [6, 6.07) is 8.65. The highest BCUT2D eigenvalue weighted by molar-refractivity contribution is 5.90. The van der Waals surface area contributed by atoms with E-state index in [2.05, 4.69) is 16.5 Å². The number of ether oxygens (including phenoxy) is 1. The molecule has 0 aromatic heterocycles. The number of hydrogen-bond donors (Lipinski definition) is 3. The molecule has 2 rings (SSSR count). The highest BCUT2D eigenvalue weighted by Crippen LogP contribution is 2.43. The minimum absolute atomic E-state index is 0.0757. The zero-order valence-corrected chi connectivity index (χ0v) is 16.4. The van der Waals surface area contributed by atoms with Gasteiger partial charge in [-0.1, -0.05) is 6.58 Å². The molecule has 5 N–H and O–H groups in total. The summed E-state index contributed by atoms with van der Waals surface area (Å²) in [7, 11) is 0. The van der Waals surface area contributed by atoms with Gasteiger partial charge in [-0.2, -0.15) is 0 Å². The Morgan fingerprint density at radius 2 is 1.93 bits per heavy atom. The highest BCUT2D eigenvalue weighted by atomic mass is 16.5. The molecule has 0 saturated heterocycles. The molecule has 2 aromatic carbocycles. The van der Waals surface area contributed by atoms with Crippen LogP contribution in [0.15, 0.2) is 48.0 Å². The lowest BCUT2D eigenvalue weighted by Gasteiger charge is -2.22. The molecular weight excluding hydrogens is 356 g/mol. The predicted octanol–water partition coefficient (Wildman–Crippen LogP) is 3.21. The number of carbonyl (C=O) groups excluding carboxylic acids is 1. The molecule has 0 bridgehead atoms. The Hall–Kier alpha value is -3.48. The predicted molar refractivity (Wildman–Crippen MR) is 113 cm³/mol. The van der Waals surface area contributed by atoms with E-state index < -0.39 is 5.97 Å². The largest absolute Gasteiger partial charge is 0.507 e. The summed E-state index contributed by atoms with van der Waals surface area (Å²) < 4.78 is 5.30. The summed E-state index contributed by atoms with van der Waals surface area (Å²) in [6.45, 7) is 10.9. The van der Waals surface area contributed by atoms with E-state index in [1.54, 1.807) is 31.2 Å². The first kappa shape index (κ1) is 20.8. The minimum Gasteiger partial charge on any atom is -0.507 e. The molecule has 0 aliphatic heterocycles. The Bertz CT molecular complexity index is 914. The van der Waals surface area contributed by atoms with Crippen LogP contribution in [0.4, 0.5) is 11.4 Å². The normalized spacial score (nSPS) is 10.2. The lowest BCUT2D eigenvalue weighted by molar-refractivity contribution is -0.129. The van der Waals surface area contributed by atoms with Crippen LogP contribution in [0, 0.1) is 6.92 Å². The van der Waals surface area contributed by atoms with Crippen LogP contribution in [0.5, 0.6) is 11.5 Å². The van der Waals surface area contributed by atoms with Gasteiger partial charge in [0.15, 0.2) is 5.96 Å². The van der Waals surface area contributed by atoms with Gasteiger partial charge >= 0.3 is 5.97 Å². The van der Waals surface area contributed by atoms with Crippen molar-refractivity contribution in [2.75, 3.05) is 18.0 Å². The number of esters is 1. The van der Waals surface area contributed by atoms with E-state index in [9.17, 15) is 9.90 Å². The Kier molecular flexibility index (Phi) is 6.65. The quantitative estimate of drug-likeness (QED) is 0.223. The van der Waals surface area contributed by atoms with E-state index in [-0.39, 0.29) is 11.7 Å². The van der Waals surface area contributed by atoms with Gasteiger partial charge in [0, 0.05) is 47.6 Å². The van der Waals surface area contributed by atoms with Crippen molar-refractivity contribution in [3.05, 3.63) is 48.6 Å². The van der Waals surface area contributed by atoms with Crippen molar-refractivity contribution in [1.29, 1.82) is 0 Å². The average Bonchev–Trinajstić information content (AvgIpc) is 2.65. The number of aromatic hydroxyl groups is 1. The SMILES string of the molecule is C=CC(=O)Oc1ccc(N=C(N)N)c(-c2ccc(N(CC)CC)cc2O)c1C. The third kappa shape index (κ3) is 4.43. The van der Waals surface area contributed by atoms with Gasteiger partial charge in [-0.3, -0.25) is 0 Å². The number of hydrogen-bond acceptors (Lipinski definition) is 5. The number of phenolic OH excluding ortho intramolecular Hbond substituents is 1. The summed E-state index contributed by atoms with van der Waals surface area (Å²) in [5.74, 6) is -0.283. The number of guanidine groups is 1. The molecular formula is C21H26N4O3. The van der Waals surface area contributed by atoms with Crippen LogP contribution in [-0.2, 0) is 4.79 Å². The molecule has 7 heteroatoms. The second kappa shape index (κ2) is 8.94.